The molecule has 0 spiro atoms. The summed E-state index contributed by atoms with van der Waals surface area (Å²) in [5, 5.41) is 3.32. The van der Waals surface area contributed by atoms with Crippen LogP contribution in [0.5, 0.6) is 0 Å². The molecule has 2 rings (SSSR count). The van der Waals surface area contributed by atoms with Crippen LogP contribution in [-0.2, 0) is 6.42 Å². The maximum atomic E-state index is 13.2. The molecule has 19 heavy (non-hydrogen) atoms. The predicted octanol–water partition coefficient (Wildman–Crippen LogP) is 4.10. The highest BCUT2D eigenvalue weighted by Crippen LogP contribution is 2.27. The van der Waals surface area contributed by atoms with Gasteiger partial charge in [0.25, 0.3) is 0 Å². The molecular weight excluding hydrogens is 263 g/mol. The first-order chi connectivity index (χ1) is 9.06. The second-order valence-corrected chi connectivity index (χ2v) is 5.00. The molecule has 0 radical (unpaired) electrons. The zero-order valence-corrected chi connectivity index (χ0v) is 11.4. The molecule has 0 saturated heterocycles. The van der Waals surface area contributed by atoms with E-state index >= 15 is 0 Å². The summed E-state index contributed by atoms with van der Waals surface area (Å²) in [5.41, 5.74) is 8.03. The highest BCUT2D eigenvalue weighted by atomic mass is 35.5. The van der Waals surface area contributed by atoms with Crippen LogP contribution in [0.4, 0.5) is 15.8 Å². The number of hydrogen-bond acceptors (Lipinski definition) is 2. The second kappa shape index (κ2) is 5.93. The smallest absolute Gasteiger partial charge is 0.143 e. The van der Waals surface area contributed by atoms with Crippen molar-refractivity contribution in [2.24, 2.45) is 0 Å². The van der Waals surface area contributed by atoms with E-state index in [1.54, 1.807) is 0 Å². The average Bonchev–Trinajstić information content (AvgIpc) is 2.37. The fourth-order valence-electron chi connectivity index (χ4n) is 1.97. The number of hydrogen-bond donors (Lipinski definition) is 2. The molecule has 2 aromatic carbocycles. The summed E-state index contributed by atoms with van der Waals surface area (Å²) >= 11 is 5.76. The predicted molar refractivity (Wildman–Crippen MR) is 79.1 cm³/mol. The van der Waals surface area contributed by atoms with Crippen LogP contribution in [0.2, 0.25) is 5.02 Å². The normalized spacial score (nSPS) is 12.2. The molecule has 1 unspecified atom stereocenters. The van der Waals surface area contributed by atoms with Crippen LogP contribution in [0.3, 0.4) is 0 Å². The monoisotopic (exact) mass is 278 g/mol. The van der Waals surface area contributed by atoms with Gasteiger partial charge in [-0.25, -0.2) is 4.39 Å². The summed E-state index contributed by atoms with van der Waals surface area (Å²) in [7, 11) is 0. The van der Waals surface area contributed by atoms with Gasteiger partial charge in [-0.2, -0.15) is 0 Å². The van der Waals surface area contributed by atoms with Crippen molar-refractivity contribution in [2.45, 2.75) is 19.4 Å². The Morgan fingerprint density at radius 3 is 2.63 bits per heavy atom. The zero-order chi connectivity index (χ0) is 13.8. The molecule has 0 aliphatic heterocycles. The van der Waals surface area contributed by atoms with E-state index in [2.05, 4.69) is 17.4 Å². The van der Waals surface area contributed by atoms with Crippen LogP contribution >= 0.6 is 11.6 Å². The first-order valence-electron chi connectivity index (χ1n) is 6.11. The molecule has 4 heteroatoms. The van der Waals surface area contributed by atoms with Gasteiger partial charge in [-0.3, -0.25) is 0 Å². The van der Waals surface area contributed by atoms with Gasteiger partial charge in [0.2, 0.25) is 0 Å². The Labute approximate surface area is 117 Å². The van der Waals surface area contributed by atoms with Gasteiger partial charge in [0.15, 0.2) is 0 Å². The minimum absolute atomic E-state index is 0.0728. The quantitative estimate of drug-likeness (QED) is 0.826. The van der Waals surface area contributed by atoms with Crippen molar-refractivity contribution in [3.05, 3.63) is 58.9 Å². The van der Waals surface area contributed by atoms with Gasteiger partial charge in [-0.05, 0) is 25.0 Å². The molecular formula is C15H16ClFN2. The van der Waals surface area contributed by atoms with Crippen LogP contribution < -0.4 is 11.1 Å². The lowest BCUT2D eigenvalue weighted by atomic mass is 10.1. The van der Waals surface area contributed by atoms with Crippen LogP contribution in [0.1, 0.15) is 12.5 Å². The SMILES string of the molecule is CC(Cc1ccccc1)Nc1cc(Cl)c(F)cc1N. The first kappa shape index (κ1) is 13.7. The van der Waals surface area contributed by atoms with Crippen LogP contribution in [0, 0.1) is 5.82 Å². The van der Waals surface area contributed by atoms with Gasteiger partial charge in [-0.1, -0.05) is 41.9 Å². The Kier molecular flexibility index (Phi) is 4.27. The Morgan fingerprint density at radius 2 is 1.95 bits per heavy atom. The van der Waals surface area contributed by atoms with Crippen molar-refractivity contribution >= 4 is 23.0 Å². The Balaban J connectivity index is 2.07. The van der Waals surface area contributed by atoms with Crippen molar-refractivity contribution in [1.82, 2.24) is 0 Å². The van der Waals surface area contributed by atoms with Gasteiger partial charge >= 0.3 is 0 Å². The fraction of sp³-hybridized carbons (Fsp3) is 0.200. The summed E-state index contributed by atoms with van der Waals surface area (Å²) in [6.45, 7) is 2.05. The second-order valence-electron chi connectivity index (χ2n) is 4.59. The molecule has 0 aromatic heterocycles. The van der Waals surface area contributed by atoms with Gasteiger partial charge in [0.1, 0.15) is 5.82 Å². The summed E-state index contributed by atoms with van der Waals surface area (Å²) in [6.07, 6.45) is 0.856. The first-order valence-corrected chi connectivity index (χ1v) is 6.49. The van der Waals surface area contributed by atoms with E-state index in [1.165, 1.54) is 17.7 Å². The maximum absolute atomic E-state index is 13.2. The summed E-state index contributed by atoms with van der Waals surface area (Å²) < 4.78 is 13.2. The highest BCUT2D eigenvalue weighted by Gasteiger charge is 2.09. The third-order valence-corrected chi connectivity index (χ3v) is 3.17. The van der Waals surface area contributed by atoms with Gasteiger partial charge in [-0.15, -0.1) is 0 Å². The number of anilines is 2. The lowest BCUT2D eigenvalue weighted by Crippen LogP contribution is -2.19. The van der Waals surface area contributed by atoms with Crippen LogP contribution in [0.15, 0.2) is 42.5 Å². The van der Waals surface area contributed by atoms with E-state index in [0.717, 1.165) is 6.42 Å². The number of rotatable bonds is 4. The molecule has 0 heterocycles. The molecule has 0 aliphatic carbocycles. The van der Waals surface area contributed by atoms with Gasteiger partial charge in [0, 0.05) is 12.1 Å². The molecule has 0 bridgehead atoms. The Hall–Kier alpha value is -1.74. The van der Waals surface area contributed by atoms with Crippen molar-refractivity contribution in [1.29, 1.82) is 0 Å². The summed E-state index contributed by atoms with van der Waals surface area (Å²) in [6, 6.07) is 13.1. The van der Waals surface area contributed by atoms with E-state index < -0.39 is 5.82 Å². The van der Waals surface area contributed by atoms with Crippen molar-refractivity contribution in [2.75, 3.05) is 11.1 Å². The number of nitrogens with two attached hydrogens (primary N) is 1. The minimum Gasteiger partial charge on any atom is -0.397 e. The molecule has 0 saturated carbocycles. The number of nitrogens with one attached hydrogen (secondary N) is 1. The largest absolute Gasteiger partial charge is 0.397 e. The van der Waals surface area contributed by atoms with E-state index in [0.29, 0.717) is 11.4 Å². The third kappa shape index (κ3) is 3.61. The Morgan fingerprint density at radius 1 is 1.26 bits per heavy atom. The molecule has 2 nitrogen and oxygen atoms in total. The van der Waals surface area contributed by atoms with E-state index in [4.69, 9.17) is 17.3 Å². The molecule has 0 aliphatic rings. The van der Waals surface area contributed by atoms with E-state index in [1.807, 2.05) is 25.1 Å². The number of nitrogen functional groups attached to an aromatic ring is 1. The zero-order valence-electron chi connectivity index (χ0n) is 10.7. The Bertz CT molecular complexity index is 558. The molecule has 0 fully saturated rings. The maximum Gasteiger partial charge on any atom is 0.143 e. The number of halogens is 2. The van der Waals surface area contributed by atoms with Gasteiger partial charge < -0.3 is 11.1 Å². The third-order valence-electron chi connectivity index (χ3n) is 2.88. The fourth-order valence-corrected chi connectivity index (χ4v) is 2.14. The van der Waals surface area contributed by atoms with Crippen LogP contribution in [0.25, 0.3) is 0 Å². The summed E-state index contributed by atoms with van der Waals surface area (Å²) in [5.74, 6) is -0.500. The summed E-state index contributed by atoms with van der Waals surface area (Å²) in [4.78, 5) is 0. The van der Waals surface area contributed by atoms with E-state index in [-0.39, 0.29) is 11.1 Å². The van der Waals surface area contributed by atoms with Gasteiger partial charge in [0.05, 0.1) is 16.4 Å². The number of benzene rings is 2. The van der Waals surface area contributed by atoms with Crippen molar-refractivity contribution in [3.8, 4) is 0 Å². The minimum atomic E-state index is -0.500. The lowest BCUT2D eigenvalue weighted by molar-refractivity contribution is 0.629. The van der Waals surface area contributed by atoms with E-state index in [9.17, 15) is 4.39 Å². The van der Waals surface area contributed by atoms with Crippen molar-refractivity contribution in [3.63, 3.8) is 0 Å². The molecule has 2 aromatic rings. The lowest BCUT2D eigenvalue weighted by Gasteiger charge is -2.17. The molecule has 100 valence electrons. The topological polar surface area (TPSA) is 38.0 Å². The van der Waals surface area contributed by atoms with Crippen LogP contribution in [-0.4, -0.2) is 6.04 Å². The van der Waals surface area contributed by atoms with Crippen molar-refractivity contribution < 1.29 is 4.39 Å². The molecule has 3 N–H and O–H groups in total. The molecule has 1 atom stereocenters. The molecule has 0 amide bonds. The highest BCUT2D eigenvalue weighted by molar-refractivity contribution is 6.31. The standard InChI is InChI=1S/C15H16ClFN2/c1-10(7-11-5-3-2-4-6-11)19-15-8-12(16)13(17)9-14(15)18/h2-6,8-10,19H,7,18H2,1H3. The average molecular weight is 279 g/mol.